The SMILES string of the molecule is Oc1ccc(C2CCC3(CCCO3)CC2)cc1. The van der Waals surface area contributed by atoms with Crippen LogP contribution >= 0.6 is 0 Å². The summed E-state index contributed by atoms with van der Waals surface area (Å²) in [4.78, 5) is 0. The average Bonchev–Trinajstić information content (AvgIpc) is 2.80. The maximum Gasteiger partial charge on any atom is 0.115 e. The molecule has 0 bridgehead atoms. The number of hydrogen-bond acceptors (Lipinski definition) is 2. The van der Waals surface area contributed by atoms with Crippen LogP contribution in [0.5, 0.6) is 5.75 Å². The summed E-state index contributed by atoms with van der Waals surface area (Å²) in [6.07, 6.45) is 7.37. The van der Waals surface area contributed by atoms with Gasteiger partial charge in [-0.05, 0) is 62.1 Å². The van der Waals surface area contributed by atoms with Crippen molar-refractivity contribution in [3.63, 3.8) is 0 Å². The van der Waals surface area contributed by atoms with Crippen LogP contribution < -0.4 is 0 Å². The van der Waals surface area contributed by atoms with Gasteiger partial charge in [-0.25, -0.2) is 0 Å². The van der Waals surface area contributed by atoms with E-state index < -0.39 is 0 Å². The number of ether oxygens (including phenoxy) is 1. The summed E-state index contributed by atoms with van der Waals surface area (Å²) in [5.74, 6) is 1.02. The first-order valence-corrected chi connectivity index (χ1v) is 6.70. The van der Waals surface area contributed by atoms with Gasteiger partial charge in [0.1, 0.15) is 5.75 Å². The molecule has 1 aromatic carbocycles. The maximum absolute atomic E-state index is 9.30. The third kappa shape index (κ3) is 2.19. The largest absolute Gasteiger partial charge is 0.508 e. The van der Waals surface area contributed by atoms with Gasteiger partial charge in [-0.15, -0.1) is 0 Å². The Morgan fingerprint density at radius 2 is 1.76 bits per heavy atom. The van der Waals surface area contributed by atoms with E-state index >= 15 is 0 Å². The second kappa shape index (κ2) is 4.34. The van der Waals surface area contributed by atoms with Crippen molar-refractivity contribution in [3.05, 3.63) is 29.8 Å². The van der Waals surface area contributed by atoms with Crippen LogP contribution in [-0.4, -0.2) is 17.3 Å². The number of aromatic hydroxyl groups is 1. The minimum atomic E-state index is 0.230. The van der Waals surface area contributed by atoms with Crippen LogP contribution in [0.25, 0.3) is 0 Å². The van der Waals surface area contributed by atoms with Gasteiger partial charge in [-0.3, -0.25) is 0 Å². The molecule has 1 saturated heterocycles. The zero-order valence-corrected chi connectivity index (χ0v) is 10.2. The third-order valence-electron chi connectivity index (χ3n) is 4.45. The van der Waals surface area contributed by atoms with E-state index in [0.29, 0.717) is 11.7 Å². The average molecular weight is 232 g/mol. The summed E-state index contributed by atoms with van der Waals surface area (Å²) in [5.41, 5.74) is 1.60. The van der Waals surface area contributed by atoms with Gasteiger partial charge in [-0.1, -0.05) is 12.1 Å². The van der Waals surface area contributed by atoms with Crippen molar-refractivity contribution in [2.45, 2.75) is 50.0 Å². The van der Waals surface area contributed by atoms with Gasteiger partial charge in [-0.2, -0.15) is 0 Å². The van der Waals surface area contributed by atoms with Gasteiger partial charge in [0.05, 0.1) is 5.60 Å². The number of hydrogen-bond donors (Lipinski definition) is 1. The lowest BCUT2D eigenvalue weighted by Crippen LogP contribution is -2.32. The first-order chi connectivity index (χ1) is 8.27. The maximum atomic E-state index is 9.30. The van der Waals surface area contributed by atoms with E-state index in [-0.39, 0.29) is 5.60 Å². The van der Waals surface area contributed by atoms with Gasteiger partial charge >= 0.3 is 0 Å². The Kier molecular flexibility index (Phi) is 2.83. The topological polar surface area (TPSA) is 29.5 Å². The molecule has 1 spiro atoms. The highest BCUT2D eigenvalue weighted by Gasteiger charge is 2.38. The van der Waals surface area contributed by atoms with Crippen molar-refractivity contribution in [2.24, 2.45) is 0 Å². The molecule has 2 nitrogen and oxygen atoms in total. The zero-order valence-electron chi connectivity index (χ0n) is 10.2. The molecule has 17 heavy (non-hydrogen) atoms. The van der Waals surface area contributed by atoms with Crippen LogP contribution in [-0.2, 0) is 4.74 Å². The third-order valence-corrected chi connectivity index (χ3v) is 4.45. The summed E-state index contributed by atoms with van der Waals surface area (Å²) in [5, 5.41) is 9.30. The second-order valence-electron chi connectivity index (χ2n) is 5.50. The highest BCUT2D eigenvalue weighted by molar-refractivity contribution is 5.28. The van der Waals surface area contributed by atoms with Crippen molar-refractivity contribution in [1.82, 2.24) is 0 Å². The van der Waals surface area contributed by atoms with Crippen LogP contribution in [0.15, 0.2) is 24.3 Å². The van der Waals surface area contributed by atoms with Gasteiger partial charge in [0.15, 0.2) is 0 Å². The summed E-state index contributed by atoms with van der Waals surface area (Å²) >= 11 is 0. The normalized spacial score (nSPS) is 33.1. The predicted molar refractivity (Wildman–Crippen MR) is 67.2 cm³/mol. The van der Waals surface area contributed by atoms with E-state index in [1.807, 2.05) is 0 Å². The minimum Gasteiger partial charge on any atom is -0.508 e. The molecule has 0 unspecified atom stereocenters. The van der Waals surface area contributed by atoms with Crippen LogP contribution in [0.3, 0.4) is 0 Å². The van der Waals surface area contributed by atoms with Crippen LogP contribution in [0.2, 0.25) is 0 Å². The molecule has 1 heterocycles. The predicted octanol–water partition coefficient (Wildman–Crippen LogP) is 3.60. The van der Waals surface area contributed by atoms with Crippen LogP contribution in [0.1, 0.15) is 50.0 Å². The lowest BCUT2D eigenvalue weighted by atomic mass is 9.75. The van der Waals surface area contributed by atoms with Gasteiger partial charge in [0.25, 0.3) is 0 Å². The Bertz CT molecular complexity index is 366. The van der Waals surface area contributed by atoms with Gasteiger partial charge < -0.3 is 9.84 Å². The van der Waals surface area contributed by atoms with E-state index in [2.05, 4.69) is 12.1 Å². The van der Waals surface area contributed by atoms with E-state index in [0.717, 1.165) is 6.61 Å². The minimum absolute atomic E-state index is 0.230. The lowest BCUT2D eigenvalue weighted by Gasteiger charge is -2.36. The number of phenolic OH excluding ortho intramolecular Hbond substituents is 1. The van der Waals surface area contributed by atoms with Crippen LogP contribution in [0.4, 0.5) is 0 Å². The molecule has 2 aliphatic rings. The zero-order chi connectivity index (χ0) is 11.7. The summed E-state index contributed by atoms with van der Waals surface area (Å²) in [6.45, 7) is 0.962. The molecule has 0 amide bonds. The summed E-state index contributed by atoms with van der Waals surface area (Å²) < 4.78 is 5.94. The standard InChI is InChI=1S/C15H20O2/c16-14-4-2-12(3-5-14)13-6-9-15(10-7-13)8-1-11-17-15/h2-5,13,16H,1,6-11H2. The molecule has 1 N–H and O–H groups in total. The van der Waals surface area contributed by atoms with Crippen molar-refractivity contribution < 1.29 is 9.84 Å². The first-order valence-electron chi connectivity index (χ1n) is 6.70. The molecule has 0 atom stereocenters. The molecule has 1 aliphatic heterocycles. The molecule has 0 aromatic heterocycles. The Labute approximate surface area is 103 Å². The molecule has 92 valence electrons. The van der Waals surface area contributed by atoms with Crippen molar-refractivity contribution in [2.75, 3.05) is 6.61 Å². The fourth-order valence-corrected chi connectivity index (χ4v) is 3.37. The fraction of sp³-hybridized carbons (Fsp3) is 0.600. The monoisotopic (exact) mass is 232 g/mol. The lowest BCUT2D eigenvalue weighted by molar-refractivity contribution is -0.0281. The Hall–Kier alpha value is -1.02. The first kappa shape index (κ1) is 11.1. The number of phenols is 1. The summed E-state index contributed by atoms with van der Waals surface area (Å²) in [7, 11) is 0. The number of rotatable bonds is 1. The van der Waals surface area contributed by atoms with Crippen LogP contribution in [0, 0.1) is 0 Å². The van der Waals surface area contributed by atoms with Crippen molar-refractivity contribution in [1.29, 1.82) is 0 Å². The molecule has 3 rings (SSSR count). The van der Waals surface area contributed by atoms with E-state index in [1.165, 1.54) is 44.1 Å². The molecular weight excluding hydrogens is 212 g/mol. The molecule has 1 saturated carbocycles. The van der Waals surface area contributed by atoms with E-state index in [4.69, 9.17) is 4.74 Å². The molecule has 2 heteroatoms. The number of benzene rings is 1. The van der Waals surface area contributed by atoms with E-state index in [1.54, 1.807) is 12.1 Å². The van der Waals surface area contributed by atoms with Crippen molar-refractivity contribution in [3.8, 4) is 5.75 Å². The van der Waals surface area contributed by atoms with Crippen molar-refractivity contribution >= 4 is 0 Å². The smallest absolute Gasteiger partial charge is 0.115 e. The Balaban J connectivity index is 1.66. The molecular formula is C15H20O2. The van der Waals surface area contributed by atoms with E-state index in [9.17, 15) is 5.11 Å². The van der Waals surface area contributed by atoms with Gasteiger partial charge in [0, 0.05) is 6.61 Å². The fourth-order valence-electron chi connectivity index (χ4n) is 3.37. The molecule has 1 aromatic rings. The molecule has 1 aliphatic carbocycles. The second-order valence-corrected chi connectivity index (χ2v) is 5.50. The Morgan fingerprint density at radius 3 is 2.35 bits per heavy atom. The van der Waals surface area contributed by atoms with Gasteiger partial charge in [0.2, 0.25) is 0 Å². The molecule has 0 radical (unpaired) electrons. The molecule has 2 fully saturated rings. The highest BCUT2D eigenvalue weighted by Crippen LogP contribution is 2.44. The Morgan fingerprint density at radius 1 is 1.06 bits per heavy atom. The summed E-state index contributed by atoms with van der Waals surface area (Å²) in [6, 6.07) is 7.72. The quantitative estimate of drug-likeness (QED) is 0.801. The highest BCUT2D eigenvalue weighted by atomic mass is 16.5.